The number of hydrogen-bond acceptors (Lipinski definition) is 1. The lowest BCUT2D eigenvalue weighted by atomic mass is 10.1. The first-order valence-corrected chi connectivity index (χ1v) is 4.97. The van der Waals surface area contributed by atoms with Crippen LogP contribution in [0.5, 0.6) is 0 Å². The van der Waals surface area contributed by atoms with Crippen LogP contribution in [-0.2, 0) is 6.54 Å². The van der Waals surface area contributed by atoms with Gasteiger partial charge in [0.1, 0.15) is 0 Å². The third-order valence-corrected chi connectivity index (χ3v) is 2.47. The third kappa shape index (κ3) is 4.64. The maximum atomic E-state index is 3.50. The molecule has 0 heterocycles. The van der Waals surface area contributed by atoms with Gasteiger partial charge in [-0.1, -0.05) is 44.2 Å². The van der Waals surface area contributed by atoms with E-state index in [-0.39, 0.29) is 12.4 Å². The summed E-state index contributed by atoms with van der Waals surface area (Å²) in [6.07, 6.45) is 0. The highest BCUT2D eigenvalue weighted by Gasteiger charge is 2.04. The molecule has 0 saturated heterocycles. The van der Waals surface area contributed by atoms with E-state index in [9.17, 15) is 0 Å². The van der Waals surface area contributed by atoms with Gasteiger partial charge in [0, 0.05) is 12.6 Å². The summed E-state index contributed by atoms with van der Waals surface area (Å²) in [5.74, 6) is 0.698. The molecule has 1 aromatic rings. The van der Waals surface area contributed by atoms with Crippen LogP contribution in [0.4, 0.5) is 0 Å². The lowest BCUT2D eigenvalue weighted by Crippen LogP contribution is -2.30. The first kappa shape index (κ1) is 13.5. The molecule has 14 heavy (non-hydrogen) atoms. The zero-order valence-electron chi connectivity index (χ0n) is 9.16. The topological polar surface area (TPSA) is 12.0 Å². The van der Waals surface area contributed by atoms with E-state index < -0.39 is 0 Å². The summed E-state index contributed by atoms with van der Waals surface area (Å²) in [6, 6.07) is 11.1. The van der Waals surface area contributed by atoms with Gasteiger partial charge < -0.3 is 5.32 Å². The van der Waals surface area contributed by atoms with Crippen molar-refractivity contribution in [3.05, 3.63) is 35.9 Å². The molecule has 1 nitrogen and oxygen atoms in total. The van der Waals surface area contributed by atoms with Crippen LogP contribution in [-0.4, -0.2) is 6.04 Å². The highest BCUT2D eigenvalue weighted by atomic mass is 35.5. The van der Waals surface area contributed by atoms with Crippen molar-refractivity contribution in [3.63, 3.8) is 0 Å². The molecule has 0 unspecified atom stereocenters. The van der Waals surface area contributed by atoms with Gasteiger partial charge in [0.25, 0.3) is 0 Å². The molecule has 0 saturated carbocycles. The van der Waals surface area contributed by atoms with Crippen molar-refractivity contribution in [2.75, 3.05) is 0 Å². The van der Waals surface area contributed by atoms with Gasteiger partial charge in [-0.15, -0.1) is 12.4 Å². The maximum absolute atomic E-state index is 3.50. The summed E-state index contributed by atoms with van der Waals surface area (Å²) in [5, 5.41) is 3.50. The minimum atomic E-state index is 0. The van der Waals surface area contributed by atoms with Crippen molar-refractivity contribution in [2.45, 2.75) is 33.4 Å². The Balaban J connectivity index is 0.00000169. The smallest absolute Gasteiger partial charge is 0.0208 e. The Bertz CT molecular complexity index is 233. The molecular formula is C12H20ClN. The number of nitrogens with one attached hydrogen (secondary N) is 1. The highest BCUT2D eigenvalue weighted by molar-refractivity contribution is 5.85. The number of rotatable bonds is 4. The number of hydrogen-bond donors (Lipinski definition) is 1. The predicted molar refractivity (Wildman–Crippen MR) is 64.8 cm³/mol. The first-order valence-electron chi connectivity index (χ1n) is 4.97. The minimum absolute atomic E-state index is 0. The first-order chi connectivity index (χ1) is 6.20. The summed E-state index contributed by atoms with van der Waals surface area (Å²) < 4.78 is 0. The molecule has 1 N–H and O–H groups in total. The van der Waals surface area contributed by atoms with E-state index in [1.807, 2.05) is 0 Å². The molecule has 2 heteroatoms. The third-order valence-electron chi connectivity index (χ3n) is 2.47. The standard InChI is InChI=1S/C12H19N.ClH/c1-10(2)11(3)13-9-12-7-5-4-6-8-12;/h4-8,10-11,13H,9H2,1-3H3;1H/t11-;/m0./s1. The molecule has 0 bridgehead atoms. The van der Waals surface area contributed by atoms with Crippen molar-refractivity contribution in [2.24, 2.45) is 5.92 Å². The highest BCUT2D eigenvalue weighted by Crippen LogP contribution is 2.03. The van der Waals surface area contributed by atoms with Crippen LogP contribution in [0.25, 0.3) is 0 Å². The maximum Gasteiger partial charge on any atom is 0.0208 e. The van der Waals surface area contributed by atoms with Crippen LogP contribution in [0.1, 0.15) is 26.3 Å². The zero-order valence-corrected chi connectivity index (χ0v) is 9.97. The lowest BCUT2D eigenvalue weighted by molar-refractivity contribution is 0.426. The Kier molecular flexibility index (Phi) is 6.60. The van der Waals surface area contributed by atoms with Gasteiger partial charge >= 0.3 is 0 Å². The minimum Gasteiger partial charge on any atom is -0.310 e. The summed E-state index contributed by atoms with van der Waals surface area (Å²) in [7, 11) is 0. The molecule has 1 atom stereocenters. The van der Waals surface area contributed by atoms with Gasteiger partial charge in [-0.3, -0.25) is 0 Å². The Labute approximate surface area is 93.3 Å². The summed E-state index contributed by atoms with van der Waals surface area (Å²) in [6.45, 7) is 7.68. The van der Waals surface area contributed by atoms with Gasteiger partial charge in [-0.25, -0.2) is 0 Å². The summed E-state index contributed by atoms with van der Waals surface area (Å²) >= 11 is 0. The quantitative estimate of drug-likeness (QED) is 0.810. The van der Waals surface area contributed by atoms with Crippen molar-refractivity contribution < 1.29 is 0 Å². The van der Waals surface area contributed by atoms with Gasteiger partial charge in [0.15, 0.2) is 0 Å². The van der Waals surface area contributed by atoms with E-state index in [0.29, 0.717) is 12.0 Å². The van der Waals surface area contributed by atoms with Crippen molar-refractivity contribution >= 4 is 12.4 Å². The van der Waals surface area contributed by atoms with Crippen LogP contribution in [0.15, 0.2) is 30.3 Å². The van der Waals surface area contributed by atoms with Crippen LogP contribution >= 0.6 is 12.4 Å². The monoisotopic (exact) mass is 213 g/mol. The predicted octanol–water partition coefficient (Wildman–Crippen LogP) is 3.24. The molecule has 0 fully saturated rings. The lowest BCUT2D eigenvalue weighted by Gasteiger charge is -2.17. The van der Waals surface area contributed by atoms with Gasteiger partial charge in [-0.05, 0) is 18.4 Å². The van der Waals surface area contributed by atoms with Gasteiger partial charge in [0.05, 0.1) is 0 Å². The van der Waals surface area contributed by atoms with Crippen LogP contribution in [0.2, 0.25) is 0 Å². The fourth-order valence-electron chi connectivity index (χ4n) is 1.11. The molecule has 80 valence electrons. The molecule has 1 rings (SSSR count). The van der Waals surface area contributed by atoms with Gasteiger partial charge in [-0.2, -0.15) is 0 Å². The Morgan fingerprint density at radius 1 is 1.07 bits per heavy atom. The summed E-state index contributed by atoms with van der Waals surface area (Å²) in [5.41, 5.74) is 1.36. The molecule has 1 aromatic carbocycles. The Hall–Kier alpha value is -0.530. The second kappa shape index (κ2) is 6.86. The summed E-state index contributed by atoms with van der Waals surface area (Å²) in [4.78, 5) is 0. The zero-order chi connectivity index (χ0) is 9.68. The Morgan fingerprint density at radius 2 is 1.64 bits per heavy atom. The van der Waals surface area contributed by atoms with E-state index in [1.165, 1.54) is 5.56 Å². The van der Waals surface area contributed by atoms with Crippen molar-refractivity contribution in [1.82, 2.24) is 5.32 Å². The largest absolute Gasteiger partial charge is 0.310 e. The van der Waals surface area contributed by atoms with Gasteiger partial charge in [0.2, 0.25) is 0 Å². The molecule has 0 spiro atoms. The van der Waals surface area contributed by atoms with E-state index in [1.54, 1.807) is 0 Å². The molecule has 0 amide bonds. The second-order valence-electron chi connectivity index (χ2n) is 3.90. The van der Waals surface area contributed by atoms with Crippen molar-refractivity contribution in [3.8, 4) is 0 Å². The fourth-order valence-corrected chi connectivity index (χ4v) is 1.11. The fraction of sp³-hybridized carbons (Fsp3) is 0.500. The van der Waals surface area contributed by atoms with E-state index >= 15 is 0 Å². The van der Waals surface area contributed by atoms with E-state index in [2.05, 4.69) is 56.4 Å². The normalized spacial score (nSPS) is 12.3. The van der Waals surface area contributed by atoms with Crippen LogP contribution in [0.3, 0.4) is 0 Å². The number of benzene rings is 1. The SMILES string of the molecule is CC(C)[C@H](C)NCc1ccccc1.Cl. The van der Waals surface area contributed by atoms with Crippen molar-refractivity contribution in [1.29, 1.82) is 0 Å². The van der Waals surface area contributed by atoms with Crippen LogP contribution < -0.4 is 5.32 Å². The molecule has 0 radical (unpaired) electrons. The average Bonchev–Trinajstić information content (AvgIpc) is 2.15. The van der Waals surface area contributed by atoms with Crippen LogP contribution in [0, 0.1) is 5.92 Å². The molecule has 0 aliphatic rings. The second-order valence-corrected chi connectivity index (χ2v) is 3.90. The average molecular weight is 214 g/mol. The van der Waals surface area contributed by atoms with E-state index in [4.69, 9.17) is 0 Å². The Morgan fingerprint density at radius 3 is 2.14 bits per heavy atom. The molecule has 0 aliphatic heterocycles. The molecule has 0 aliphatic carbocycles. The number of halogens is 1. The molecular weight excluding hydrogens is 194 g/mol. The van der Waals surface area contributed by atoms with E-state index in [0.717, 1.165) is 6.54 Å². The molecule has 0 aromatic heterocycles.